The van der Waals surface area contributed by atoms with Gasteiger partial charge in [0, 0.05) is 13.0 Å². The van der Waals surface area contributed by atoms with Crippen LogP contribution < -0.4 is 0 Å². The molecule has 4 nitrogen and oxygen atoms in total. The van der Waals surface area contributed by atoms with Crippen molar-refractivity contribution >= 4 is 5.97 Å². The van der Waals surface area contributed by atoms with Gasteiger partial charge in [-0.1, -0.05) is 175 Å². The molecule has 300 valence electrons. The number of carbonyl (C=O) groups excluding carboxylic acids is 1. The van der Waals surface area contributed by atoms with E-state index >= 15 is 0 Å². The van der Waals surface area contributed by atoms with Crippen molar-refractivity contribution in [3.05, 3.63) is 109 Å². The average Bonchev–Trinajstić information content (AvgIpc) is 3.16. The van der Waals surface area contributed by atoms with Gasteiger partial charge in [-0.25, -0.2) is 0 Å². The number of allylic oxidation sites excluding steroid dienone is 18. The molecule has 0 aliphatic carbocycles. The Kier molecular flexibility index (Phi) is 42.7. The van der Waals surface area contributed by atoms with Crippen LogP contribution in [0, 0.1) is 0 Å². The highest BCUT2D eigenvalue weighted by atomic mass is 16.6. The molecule has 4 heteroatoms. The number of rotatable bonds is 38. The molecule has 0 aliphatic rings. The number of hydrogen-bond acceptors (Lipinski definition) is 4. The maximum Gasteiger partial charge on any atom is 0.306 e. The second-order valence-electron chi connectivity index (χ2n) is 13.6. The molecule has 0 spiro atoms. The van der Waals surface area contributed by atoms with E-state index in [0.29, 0.717) is 13.0 Å². The summed E-state index contributed by atoms with van der Waals surface area (Å²) in [4.78, 5) is 12.2. The highest BCUT2D eigenvalue weighted by molar-refractivity contribution is 5.69. The summed E-state index contributed by atoms with van der Waals surface area (Å²) in [6.07, 6.45) is 65.7. The Morgan fingerprint density at radius 2 is 0.792 bits per heavy atom. The Bertz CT molecular complexity index is 1040. The molecule has 0 bridgehead atoms. The minimum atomic E-state index is -0.560. The van der Waals surface area contributed by atoms with Gasteiger partial charge < -0.3 is 14.6 Å². The third-order valence-electron chi connectivity index (χ3n) is 8.59. The lowest BCUT2D eigenvalue weighted by molar-refractivity contribution is -0.154. The Morgan fingerprint density at radius 3 is 1.19 bits per heavy atom. The first kappa shape index (κ1) is 50.1. The van der Waals surface area contributed by atoms with Crippen LogP contribution >= 0.6 is 0 Å². The zero-order chi connectivity index (χ0) is 38.4. The lowest BCUT2D eigenvalue weighted by Crippen LogP contribution is -2.27. The maximum atomic E-state index is 12.2. The van der Waals surface area contributed by atoms with Gasteiger partial charge in [-0.3, -0.25) is 4.79 Å². The lowest BCUT2D eigenvalue weighted by Gasteiger charge is -2.15. The quantitative estimate of drug-likeness (QED) is 0.0390. The number of aliphatic hydroxyl groups excluding tert-OH is 1. The fourth-order valence-corrected chi connectivity index (χ4v) is 5.46. The molecule has 0 saturated carbocycles. The summed E-state index contributed by atoms with van der Waals surface area (Å²) in [7, 11) is 0. The van der Waals surface area contributed by atoms with E-state index in [1.807, 2.05) is 0 Å². The number of aliphatic hydroxyl groups is 1. The standard InChI is InChI=1S/C49H80O4/c1-3-5-7-9-11-13-15-17-19-21-22-23-24-25-26-27-29-31-33-35-37-39-41-43-45-52-47-48(46-50)53-49(51)44-42-40-38-36-34-32-30-28-20-18-16-14-12-10-8-6-4-2/h5-8,11-14,17-20,22-23,25-26,30,32,48,50H,3-4,9-10,15-16,21,24,27-29,31,33-47H2,1-2H3/b7-5-,8-6-,13-11-,14-12-,19-17-,20-18-,23-22-,26-25-,32-30-. The molecule has 0 aromatic rings. The second-order valence-corrected chi connectivity index (χ2v) is 13.6. The van der Waals surface area contributed by atoms with E-state index in [9.17, 15) is 9.90 Å². The molecule has 53 heavy (non-hydrogen) atoms. The van der Waals surface area contributed by atoms with Crippen molar-refractivity contribution in [1.82, 2.24) is 0 Å². The molecule has 0 heterocycles. The summed E-state index contributed by atoms with van der Waals surface area (Å²) in [5.74, 6) is -0.232. The SMILES string of the molecule is CC/C=C\C/C=C\C/C=C\C/C=C\C/C=C\CCCCCCCCCCOCC(CO)OC(=O)CCCCCC/C=C\C/C=C\C/C=C\C/C=C\CC. The van der Waals surface area contributed by atoms with Gasteiger partial charge in [0.15, 0.2) is 0 Å². The summed E-state index contributed by atoms with van der Waals surface area (Å²) in [5, 5.41) is 9.60. The van der Waals surface area contributed by atoms with Crippen LogP contribution in [-0.4, -0.2) is 37.0 Å². The molecular formula is C49H80O4. The van der Waals surface area contributed by atoms with E-state index in [1.165, 1.54) is 44.9 Å². The molecule has 0 saturated heterocycles. The Morgan fingerprint density at radius 1 is 0.453 bits per heavy atom. The highest BCUT2D eigenvalue weighted by Crippen LogP contribution is 2.11. The molecule has 0 aliphatic heterocycles. The van der Waals surface area contributed by atoms with Crippen molar-refractivity contribution in [1.29, 1.82) is 0 Å². The average molecular weight is 733 g/mol. The maximum absolute atomic E-state index is 12.2. The molecule has 0 amide bonds. The van der Waals surface area contributed by atoms with E-state index in [1.54, 1.807) is 0 Å². The molecule has 0 fully saturated rings. The Balaban J connectivity index is 3.54. The van der Waals surface area contributed by atoms with Crippen LogP contribution in [0.3, 0.4) is 0 Å². The van der Waals surface area contributed by atoms with Crippen LogP contribution in [0.2, 0.25) is 0 Å². The minimum absolute atomic E-state index is 0.193. The third kappa shape index (κ3) is 43.3. The van der Waals surface area contributed by atoms with E-state index in [-0.39, 0.29) is 19.2 Å². The van der Waals surface area contributed by atoms with Crippen LogP contribution in [0.5, 0.6) is 0 Å². The van der Waals surface area contributed by atoms with E-state index in [4.69, 9.17) is 9.47 Å². The zero-order valence-corrected chi connectivity index (χ0v) is 34.2. The molecule has 1 N–H and O–H groups in total. The first-order chi connectivity index (χ1) is 26.2. The fraction of sp³-hybridized carbons (Fsp3) is 0.612. The van der Waals surface area contributed by atoms with Crippen molar-refractivity contribution in [2.24, 2.45) is 0 Å². The zero-order valence-electron chi connectivity index (χ0n) is 34.2. The minimum Gasteiger partial charge on any atom is -0.457 e. The smallest absolute Gasteiger partial charge is 0.306 e. The summed E-state index contributed by atoms with van der Waals surface area (Å²) in [5.41, 5.74) is 0. The Labute approximate surface area is 327 Å². The number of carbonyl (C=O) groups is 1. The van der Waals surface area contributed by atoms with Crippen molar-refractivity contribution < 1.29 is 19.4 Å². The van der Waals surface area contributed by atoms with Crippen LogP contribution in [0.1, 0.15) is 168 Å². The van der Waals surface area contributed by atoms with Gasteiger partial charge in [-0.05, 0) is 96.3 Å². The largest absolute Gasteiger partial charge is 0.457 e. The normalized spacial score (nSPS) is 13.5. The van der Waals surface area contributed by atoms with Crippen molar-refractivity contribution in [2.45, 2.75) is 174 Å². The van der Waals surface area contributed by atoms with Gasteiger partial charge >= 0.3 is 5.97 Å². The van der Waals surface area contributed by atoms with Crippen LogP contribution in [0.25, 0.3) is 0 Å². The summed E-state index contributed by atoms with van der Waals surface area (Å²) >= 11 is 0. The molecule has 0 rings (SSSR count). The van der Waals surface area contributed by atoms with E-state index in [0.717, 1.165) is 103 Å². The van der Waals surface area contributed by atoms with Gasteiger partial charge in [0.1, 0.15) is 6.10 Å². The summed E-state index contributed by atoms with van der Waals surface area (Å²) < 4.78 is 11.1. The number of hydrogen-bond donors (Lipinski definition) is 1. The molecule has 1 unspecified atom stereocenters. The van der Waals surface area contributed by atoms with Crippen LogP contribution in [0.4, 0.5) is 0 Å². The van der Waals surface area contributed by atoms with Crippen LogP contribution in [0.15, 0.2) is 109 Å². The van der Waals surface area contributed by atoms with Gasteiger partial charge in [-0.2, -0.15) is 0 Å². The predicted octanol–water partition coefficient (Wildman–Crippen LogP) is 14.3. The van der Waals surface area contributed by atoms with E-state index < -0.39 is 6.10 Å². The highest BCUT2D eigenvalue weighted by Gasteiger charge is 2.13. The molecular weight excluding hydrogens is 653 g/mol. The lowest BCUT2D eigenvalue weighted by atomic mass is 10.1. The monoisotopic (exact) mass is 733 g/mol. The molecule has 0 aromatic carbocycles. The molecule has 0 aromatic heterocycles. The Hall–Kier alpha value is -2.95. The van der Waals surface area contributed by atoms with E-state index in [2.05, 4.69) is 123 Å². The fourth-order valence-electron chi connectivity index (χ4n) is 5.46. The third-order valence-corrected chi connectivity index (χ3v) is 8.59. The van der Waals surface area contributed by atoms with Gasteiger partial charge in [0.25, 0.3) is 0 Å². The first-order valence-corrected chi connectivity index (χ1v) is 21.5. The first-order valence-electron chi connectivity index (χ1n) is 21.5. The predicted molar refractivity (Wildman–Crippen MR) is 232 cm³/mol. The second kappa shape index (κ2) is 45.2. The number of ether oxygens (including phenoxy) is 2. The van der Waals surface area contributed by atoms with Gasteiger partial charge in [0.2, 0.25) is 0 Å². The van der Waals surface area contributed by atoms with Crippen molar-refractivity contribution in [3.63, 3.8) is 0 Å². The van der Waals surface area contributed by atoms with Gasteiger partial charge in [0.05, 0.1) is 13.2 Å². The van der Waals surface area contributed by atoms with Gasteiger partial charge in [-0.15, -0.1) is 0 Å². The molecule has 0 radical (unpaired) electrons. The number of esters is 1. The summed E-state index contributed by atoms with van der Waals surface area (Å²) in [6, 6.07) is 0. The van der Waals surface area contributed by atoms with Crippen LogP contribution in [-0.2, 0) is 14.3 Å². The number of unbranched alkanes of at least 4 members (excludes halogenated alkanes) is 12. The summed E-state index contributed by atoms with van der Waals surface area (Å²) in [6.45, 7) is 5.05. The van der Waals surface area contributed by atoms with Crippen molar-refractivity contribution in [3.8, 4) is 0 Å². The molecule has 1 atom stereocenters. The topological polar surface area (TPSA) is 55.8 Å². The van der Waals surface area contributed by atoms with Crippen molar-refractivity contribution in [2.75, 3.05) is 19.8 Å².